The van der Waals surface area contributed by atoms with Gasteiger partial charge in [0.25, 0.3) is 0 Å². The highest BCUT2D eigenvalue weighted by molar-refractivity contribution is 5.74. The van der Waals surface area contributed by atoms with E-state index >= 15 is 0 Å². The van der Waals surface area contributed by atoms with Crippen molar-refractivity contribution < 1.29 is 40.2 Å². The van der Waals surface area contributed by atoms with Crippen LogP contribution in [0.15, 0.2) is 91.0 Å². The third-order valence-electron chi connectivity index (χ3n) is 6.20. The Hall–Kier alpha value is -4.66. The first-order chi connectivity index (χ1) is 19.6. The second-order valence-electron chi connectivity index (χ2n) is 8.97. The molecule has 0 saturated carbocycles. The van der Waals surface area contributed by atoms with Crippen LogP contribution in [0.25, 0.3) is 33.4 Å². The number of benzene rings is 5. The van der Waals surface area contributed by atoms with Crippen LogP contribution in [0, 0.1) is 41.8 Å². The van der Waals surface area contributed by atoms with E-state index in [4.69, 9.17) is 0 Å². The largest absolute Gasteiger partial charge is 0.294 e. The molecule has 0 fully saturated rings. The van der Waals surface area contributed by atoms with Crippen LogP contribution >= 0.6 is 0 Å². The van der Waals surface area contributed by atoms with Gasteiger partial charge in [0.1, 0.15) is 24.1 Å². The molecule has 0 bridgehead atoms. The zero-order valence-electron chi connectivity index (χ0n) is 21.3. The summed E-state index contributed by atoms with van der Waals surface area (Å²) in [7, 11) is 0. The van der Waals surface area contributed by atoms with Gasteiger partial charge in [0.05, 0.1) is 5.56 Å². The molecule has 0 atom stereocenters. The zero-order chi connectivity index (χ0) is 29.7. The van der Waals surface area contributed by atoms with Crippen molar-refractivity contribution in [2.75, 3.05) is 0 Å². The fraction of sp³-hybridized carbons (Fsp3) is 0.0625. The van der Waals surface area contributed by atoms with Crippen molar-refractivity contribution in [3.8, 4) is 39.1 Å². The molecule has 0 heterocycles. The summed E-state index contributed by atoms with van der Waals surface area (Å²) in [5, 5.41) is 0. The van der Waals surface area contributed by atoms with Crippen LogP contribution in [0.5, 0.6) is 5.75 Å². The Bertz CT molecular complexity index is 1620. The van der Waals surface area contributed by atoms with Crippen molar-refractivity contribution in [1.29, 1.82) is 0 Å². The van der Waals surface area contributed by atoms with E-state index in [-0.39, 0.29) is 5.82 Å². The maximum atomic E-state index is 14.8. The molecule has 5 aromatic carbocycles. The van der Waals surface area contributed by atoms with Gasteiger partial charge < -0.3 is 0 Å². The van der Waals surface area contributed by atoms with Crippen molar-refractivity contribution >= 4 is 0 Å². The van der Waals surface area contributed by atoms with E-state index in [1.165, 1.54) is 6.07 Å². The van der Waals surface area contributed by atoms with E-state index in [2.05, 4.69) is 4.94 Å². The van der Waals surface area contributed by atoms with Crippen LogP contribution in [0.1, 0.15) is 11.1 Å². The molecule has 9 heteroatoms. The highest BCUT2D eigenvalue weighted by atomic mass is 19.3. The molecule has 0 N–H and O–H groups in total. The number of hydrogen-bond donors (Lipinski definition) is 0. The smallest absolute Gasteiger partial charge is 0.194 e. The predicted octanol–water partition coefficient (Wildman–Crippen LogP) is 10.3. The Morgan fingerprint density at radius 2 is 0.976 bits per heavy atom. The lowest BCUT2D eigenvalue weighted by Crippen LogP contribution is -1.94. The Labute approximate surface area is 230 Å². The van der Waals surface area contributed by atoms with Gasteiger partial charge in [-0.05, 0) is 52.9 Å². The van der Waals surface area contributed by atoms with E-state index in [9.17, 15) is 35.3 Å². The van der Waals surface area contributed by atoms with Crippen molar-refractivity contribution in [1.82, 2.24) is 0 Å². The SMILES string of the molecule is Cc1ccc(-c2ccc(-c3ccc(-c4cc(F)c(CF)c(F)c4)cc3)c(F)c2)cc1.FOc1cc(F)c(F)c(F)c1. The normalized spacial score (nSPS) is 10.7. The summed E-state index contributed by atoms with van der Waals surface area (Å²) in [6.45, 7) is 0.796. The standard InChI is InChI=1S/C26H18F4.C6H2F4O/c1-16-2-4-17(5-3-16)20-10-11-22(24(28)12-20)19-8-6-18(7-9-19)21-13-25(29)23(15-27)26(30)14-21;7-4-1-3(11-10)2-5(8)6(4)9/h2-14H,15H2,1H3;1-2H. The van der Waals surface area contributed by atoms with Crippen molar-refractivity contribution in [3.63, 3.8) is 0 Å². The molecule has 5 rings (SSSR count). The van der Waals surface area contributed by atoms with Crippen LogP contribution in [0.3, 0.4) is 0 Å². The Morgan fingerprint density at radius 1 is 0.512 bits per heavy atom. The van der Waals surface area contributed by atoms with E-state index in [1.54, 1.807) is 30.3 Å². The molecule has 210 valence electrons. The van der Waals surface area contributed by atoms with Gasteiger partial charge in [-0.25, -0.2) is 30.7 Å². The van der Waals surface area contributed by atoms with Crippen LogP contribution in [0.2, 0.25) is 0 Å². The monoisotopic (exact) mass is 572 g/mol. The van der Waals surface area contributed by atoms with E-state index in [1.807, 2.05) is 37.3 Å². The molecular formula is C32H20F8O. The highest BCUT2D eigenvalue weighted by Crippen LogP contribution is 2.31. The van der Waals surface area contributed by atoms with Crippen LogP contribution in [-0.4, -0.2) is 0 Å². The van der Waals surface area contributed by atoms with Crippen molar-refractivity contribution in [2.24, 2.45) is 0 Å². The van der Waals surface area contributed by atoms with Gasteiger partial charge in [-0.1, -0.05) is 66.2 Å². The second kappa shape index (κ2) is 12.7. The van der Waals surface area contributed by atoms with Gasteiger partial charge in [-0.15, -0.1) is 0 Å². The molecule has 41 heavy (non-hydrogen) atoms. The van der Waals surface area contributed by atoms with Crippen LogP contribution < -0.4 is 4.94 Å². The van der Waals surface area contributed by atoms with Crippen LogP contribution in [-0.2, 0) is 6.67 Å². The average molecular weight is 572 g/mol. The van der Waals surface area contributed by atoms with Gasteiger partial charge >= 0.3 is 0 Å². The number of aryl methyl sites for hydroxylation is 1. The molecule has 0 radical (unpaired) electrons. The first-order valence-electron chi connectivity index (χ1n) is 12.1. The molecule has 5 aromatic rings. The first-order valence-corrected chi connectivity index (χ1v) is 12.1. The molecule has 0 amide bonds. The molecule has 0 saturated heterocycles. The molecule has 0 aromatic heterocycles. The van der Waals surface area contributed by atoms with Gasteiger partial charge in [0.2, 0.25) is 0 Å². The second-order valence-corrected chi connectivity index (χ2v) is 8.97. The van der Waals surface area contributed by atoms with Gasteiger partial charge in [-0.3, -0.25) is 4.94 Å². The number of hydrogen-bond acceptors (Lipinski definition) is 1. The summed E-state index contributed by atoms with van der Waals surface area (Å²) in [6, 6.07) is 22.6. The van der Waals surface area contributed by atoms with Gasteiger partial charge in [0.15, 0.2) is 23.2 Å². The summed E-state index contributed by atoms with van der Waals surface area (Å²) in [5.41, 5.74) is 4.20. The first kappa shape index (κ1) is 29.3. The highest BCUT2D eigenvalue weighted by Gasteiger charge is 2.13. The maximum Gasteiger partial charge on any atom is 0.194 e. The zero-order valence-corrected chi connectivity index (χ0v) is 21.3. The lowest BCUT2D eigenvalue weighted by Gasteiger charge is -2.09. The average Bonchev–Trinajstić information content (AvgIpc) is 2.96. The summed E-state index contributed by atoms with van der Waals surface area (Å²) >= 11 is 0. The Balaban J connectivity index is 0.000000296. The summed E-state index contributed by atoms with van der Waals surface area (Å²) in [5.74, 6) is -7.53. The van der Waals surface area contributed by atoms with Gasteiger partial charge in [0, 0.05) is 22.2 Å². The van der Waals surface area contributed by atoms with Gasteiger partial charge in [-0.2, -0.15) is 0 Å². The maximum absolute atomic E-state index is 14.8. The topological polar surface area (TPSA) is 9.23 Å². The predicted molar refractivity (Wildman–Crippen MR) is 140 cm³/mol. The summed E-state index contributed by atoms with van der Waals surface area (Å²) in [4.78, 5) is 2.98. The minimum Gasteiger partial charge on any atom is -0.294 e. The lowest BCUT2D eigenvalue weighted by molar-refractivity contribution is -0.00711. The third-order valence-corrected chi connectivity index (χ3v) is 6.20. The lowest BCUT2D eigenvalue weighted by atomic mass is 9.97. The van der Waals surface area contributed by atoms with E-state index in [0.29, 0.717) is 34.4 Å². The number of alkyl halides is 1. The number of rotatable bonds is 5. The number of halogens is 8. The van der Waals surface area contributed by atoms with Crippen molar-refractivity contribution in [3.05, 3.63) is 137 Å². The van der Waals surface area contributed by atoms with E-state index < -0.39 is 47.1 Å². The Morgan fingerprint density at radius 3 is 1.49 bits per heavy atom. The third kappa shape index (κ3) is 6.74. The molecule has 0 aliphatic carbocycles. The molecular weight excluding hydrogens is 552 g/mol. The Kier molecular flexibility index (Phi) is 9.07. The molecule has 0 unspecified atom stereocenters. The fourth-order valence-electron chi connectivity index (χ4n) is 3.99. The molecule has 0 aliphatic rings. The van der Waals surface area contributed by atoms with Crippen LogP contribution in [0.4, 0.5) is 35.3 Å². The minimum absolute atomic E-state index is 0.295. The van der Waals surface area contributed by atoms with Crippen molar-refractivity contribution in [2.45, 2.75) is 13.6 Å². The minimum atomic E-state index is -1.65. The quantitative estimate of drug-likeness (QED) is 0.150. The summed E-state index contributed by atoms with van der Waals surface area (Å²) in [6.07, 6.45) is 0. The molecule has 0 aliphatic heterocycles. The molecule has 0 spiro atoms. The fourth-order valence-corrected chi connectivity index (χ4v) is 3.99. The van der Waals surface area contributed by atoms with E-state index in [0.717, 1.165) is 28.8 Å². The summed E-state index contributed by atoms with van der Waals surface area (Å²) < 4.78 is 103. The molecule has 1 nitrogen and oxygen atoms in total.